The number of sulfonamides is 1. The van der Waals surface area contributed by atoms with Crippen molar-refractivity contribution in [3.8, 4) is 0 Å². The van der Waals surface area contributed by atoms with E-state index in [1.165, 1.54) is 6.92 Å². The van der Waals surface area contributed by atoms with Crippen LogP contribution >= 0.6 is 0 Å². The van der Waals surface area contributed by atoms with Gasteiger partial charge in [0.1, 0.15) is 5.25 Å². The van der Waals surface area contributed by atoms with Gasteiger partial charge in [-0.1, -0.05) is 0 Å². The summed E-state index contributed by atoms with van der Waals surface area (Å²) in [5, 5.41) is 8.20. The van der Waals surface area contributed by atoms with Gasteiger partial charge in [0.15, 0.2) is 0 Å². The van der Waals surface area contributed by atoms with E-state index in [0.29, 0.717) is 6.54 Å². The molecule has 0 aliphatic carbocycles. The van der Waals surface area contributed by atoms with Crippen molar-refractivity contribution in [2.75, 3.05) is 6.54 Å². The Morgan fingerprint density at radius 1 is 1.78 bits per heavy atom. The average molecular weight is 151 g/mol. The molecule has 0 bridgehead atoms. The molecular formula is C4H9NO3S. The highest BCUT2D eigenvalue weighted by Crippen LogP contribution is 2.11. The maximum absolute atomic E-state index is 10.6. The van der Waals surface area contributed by atoms with E-state index in [9.17, 15) is 8.42 Å². The van der Waals surface area contributed by atoms with Gasteiger partial charge in [0.05, 0.1) is 6.10 Å². The molecule has 1 aliphatic rings. The Balaban J connectivity index is 2.67. The van der Waals surface area contributed by atoms with Gasteiger partial charge < -0.3 is 5.11 Å². The summed E-state index contributed by atoms with van der Waals surface area (Å²) in [4.78, 5) is 0. The molecular weight excluding hydrogens is 142 g/mol. The molecule has 1 aliphatic heterocycles. The lowest BCUT2D eigenvalue weighted by atomic mass is 10.3. The molecule has 2 unspecified atom stereocenters. The standard InChI is InChI=1S/C4H9NO3S/c1-3(6)4-2-5-9(4,7)8/h3-6H,2H2,1H3. The second-order valence-corrected chi connectivity index (χ2v) is 4.16. The fourth-order valence-electron chi connectivity index (χ4n) is 0.745. The van der Waals surface area contributed by atoms with E-state index in [0.717, 1.165) is 0 Å². The summed E-state index contributed by atoms with van der Waals surface area (Å²) in [5.74, 6) is 0. The van der Waals surface area contributed by atoms with Crippen LogP contribution in [0.2, 0.25) is 0 Å². The summed E-state index contributed by atoms with van der Waals surface area (Å²) in [6.07, 6.45) is -0.753. The molecule has 9 heavy (non-hydrogen) atoms. The summed E-state index contributed by atoms with van der Waals surface area (Å²) in [6, 6.07) is 0. The summed E-state index contributed by atoms with van der Waals surface area (Å²) in [6.45, 7) is 1.85. The molecule has 1 fully saturated rings. The lowest BCUT2D eigenvalue weighted by Crippen LogP contribution is -2.57. The normalized spacial score (nSPS) is 35.1. The van der Waals surface area contributed by atoms with Crippen LogP contribution in [-0.2, 0) is 10.0 Å². The van der Waals surface area contributed by atoms with E-state index in [2.05, 4.69) is 4.72 Å². The van der Waals surface area contributed by atoms with Gasteiger partial charge in [0.2, 0.25) is 10.0 Å². The van der Waals surface area contributed by atoms with Crippen molar-refractivity contribution in [2.24, 2.45) is 0 Å². The Hall–Kier alpha value is -0.130. The Labute approximate surface area is 53.9 Å². The van der Waals surface area contributed by atoms with Gasteiger partial charge in [-0.2, -0.15) is 0 Å². The monoisotopic (exact) mass is 151 g/mol. The summed E-state index contributed by atoms with van der Waals surface area (Å²) in [5.41, 5.74) is 0. The smallest absolute Gasteiger partial charge is 0.218 e. The van der Waals surface area contributed by atoms with Crippen LogP contribution in [0.25, 0.3) is 0 Å². The first-order valence-corrected chi connectivity index (χ1v) is 4.25. The molecule has 0 spiro atoms. The Morgan fingerprint density at radius 3 is 2.33 bits per heavy atom. The molecule has 0 aromatic rings. The lowest BCUT2D eigenvalue weighted by Gasteiger charge is -2.28. The third kappa shape index (κ3) is 1.08. The molecule has 5 heteroatoms. The summed E-state index contributed by atoms with van der Waals surface area (Å²) < 4.78 is 23.4. The molecule has 2 N–H and O–H groups in total. The van der Waals surface area contributed by atoms with Crippen LogP contribution in [0.15, 0.2) is 0 Å². The second kappa shape index (κ2) is 1.93. The number of hydrogen-bond acceptors (Lipinski definition) is 3. The van der Waals surface area contributed by atoms with Gasteiger partial charge in [-0.3, -0.25) is 0 Å². The van der Waals surface area contributed by atoms with E-state index < -0.39 is 21.4 Å². The fraction of sp³-hybridized carbons (Fsp3) is 1.00. The maximum Gasteiger partial charge on any atom is 0.218 e. The minimum atomic E-state index is -3.12. The van der Waals surface area contributed by atoms with E-state index in [4.69, 9.17) is 5.11 Å². The maximum atomic E-state index is 10.6. The van der Waals surface area contributed by atoms with Crippen LogP contribution < -0.4 is 4.72 Å². The van der Waals surface area contributed by atoms with Crippen LogP contribution in [-0.4, -0.2) is 31.4 Å². The molecule has 1 saturated heterocycles. The van der Waals surface area contributed by atoms with Crippen LogP contribution in [0.5, 0.6) is 0 Å². The molecule has 1 rings (SSSR count). The van der Waals surface area contributed by atoms with Crippen molar-refractivity contribution >= 4 is 10.0 Å². The summed E-state index contributed by atoms with van der Waals surface area (Å²) >= 11 is 0. The van der Waals surface area contributed by atoms with E-state index in [-0.39, 0.29) is 0 Å². The fourth-order valence-corrected chi connectivity index (χ4v) is 1.90. The molecule has 0 saturated carbocycles. The predicted octanol–water partition coefficient (Wildman–Crippen LogP) is -1.33. The van der Waals surface area contributed by atoms with Crippen LogP contribution in [0.1, 0.15) is 6.92 Å². The zero-order valence-electron chi connectivity index (χ0n) is 5.03. The molecule has 2 atom stereocenters. The van der Waals surface area contributed by atoms with Gasteiger partial charge in [0, 0.05) is 6.54 Å². The summed E-state index contributed by atoms with van der Waals surface area (Å²) in [7, 11) is -3.12. The first-order valence-electron chi connectivity index (χ1n) is 2.70. The number of aliphatic hydroxyl groups excluding tert-OH is 1. The quantitative estimate of drug-likeness (QED) is 0.488. The third-order valence-electron chi connectivity index (χ3n) is 1.42. The van der Waals surface area contributed by atoms with Crippen molar-refractivity contribution < 1.29 is 13.5 Å². The molecule has 54 valence electrons. The van der Waals surface area contributed by atoms with Crippen molar-refractivity contribution in [2.45, 2.75) is 18.3 Å². The SMILES string of the molecule is CC(O)C1CNS1(=O)=O. The number of hydrogen-bond donors (Lipinski definition) is 2. The van der Waals surface area contributed by atoms with Crippen molar-refractivity contribution in [1.29, 1.82) is 0 Å². The minimum Gasteiger partial charge on any atom is -0.392 e. The molecule has 1 heterocycles. The highest BCUT2D eigenvalue weighted by Gasteiger charge is 2.38. The number of rotatable bonds is 1. The third-order valence-corrected chi connectivity index (χ3v) is 3.35. The molecule has 0 radical (unpaired) electrons. The zero-order valence-corrected chi connectivity index (χ0v) is 5.85. The Morgan fingerprint density at radius 2 is 2.33 bits per heavy atom. The molecule has 0 aromatic heterocycles. The second-order valence-electron chi connectivity index (χ2n) is 2.17. The van der Waals surface area contributed by atoms with Crippen molar-refractivity contribution in [3.63, 3.8) is 0 Å². The Bertz CT molecular complexity index is 196. The molecule has 0 aromatic carbocycles. The van der Waals surface area contributed by atoms with Crippen LogP contribution in [0, 0.1) is 0 Å². The van der Waals surface area contributed by atoms with Crippen LogP contribution in [0.4, 0.5) is 0 Å². The van der Waals surface area contributed by atoms with Crippen LogP contribution in [0.3, 0.4) is 0 Å². The average Bonchev–Trinajstić information content (AvgIpc) is 1.62. The highest BCUT2D eigenvalue weighted by atomic mass is 32.2. The largest absolute Gasteiger partial charge is 0.392 e. The van der Waals surface area contributed by atoms with E-state index in [1.807, 2.05) is 0 Å². The van der Waals surface area contributed by atoms with Gasteiger partial charge in [-0.15, -0.1) is 0 Å². The van der Waals surface area contributed by atoms with Gasteiger partial charge >= 0.3 is 0 Å². The first-order chi connectivity index (χ1) is 4.04. The van der Waals surface area contributed by atoms with E-state index >= 15 is 0 Å². The number of aliphatic hydroxyl groups is 1. The van der Waals surface area contributed by atoms with Gasteiger partial charge in [-0.25, -0.2) is 13.1 Å². The lowest BCUT2D eigenvalue weighted by molar-refractivity contribution is 0.180. The van der Waals surface area contributed by atoms with Gasteiger partial charge in [-0.05, 0) is 6.92 Å². The first kappa shape index (κ1) is 6.98. The minimum absolute atomic E-state index is 0.375. The molecule has 4 nitrogen and oxygen atoms in total. The topological polar surface area (TPSA) is 66.4 Å². The Kier molecular flexibility index (Phi) is 1.50. The molecule has 0 amide bonds. The van der Waals surface area contributed by atoms with Gasteiger partial charge in [0.25, 0.3) is 0 Å². The van der Waals surface area contributed by atoms with E-state index in [1.54, 1.807) is 0 Å². The zero-order chi connectivity index (χ0) is 7.07. The number of nitrogens with one attached hydrogen (secondary N) is 1. The highest BCUT2D eigenvalue weighted by molar-refractivity contribution is 7.91. The van der Waals surface area contributed by atoms with Crippen molar-refractivity contribution in [3.05, 3.63) is 0 Å². The predicted molar refractivity (Wildman–Crippen MR) is 32.4 cm³/mol. The van der Waals surface area contributed by atoms with Crippen molar-refractivity contribution in [1.82, 2.24) is 4.72 Å².